The van der Waals surface area contributed by atoms with Crippen molar-refractivity contribution >= 4 is 5.97 Å². The van der Waals surface area contributed by atoms with Crippen molar-refractivity contribution in [2.75, 3.05) is 0 Å². The predicted octanol–water partition coefficient (Wildman–Crippen LogP) is 1.74. The van der Waals surface area contributed by atoms with E-state index in [1.54, 1.807) is 12.4 Å². The first-order valence-electron chi connectivity index (χ1n) is 6.28. The van der Waals surface area contributed by atoms with Gasteiger partial charge < -0.3 is 14.4 Å². The first-order valence-corrected chi connectivity index (χ1v) is 6.28. The molecule has 0 saturated carbocycles. The van der Waals surface area contributed by atoms with Crippen molar-refractivity contribution in [1.82, 2.24) is 15.1 Å². The van der Waals surface area contributed by atoms with Gasteiger partial charge in [-0.3, -0.25) is 4.98 Å². The van der Waals surface area contributed by atoms with E-state index >= 15 is 0 Å². The molecule has 1 aliphatic heterocycles. The van der Waals surface area contributed by atoms with E-state index in [2.05, 4.69) is 15.1 Å². The number of carboxylic acids is 1. The Morgan fingerprint density at radius 2 is 2.30 bits per heavy atom. The molecule has 0 aromatic carbocycles. The van der Waals surface area contributed by atoms with Crippen molar-refractivity contribution in [3.8, 4) is 11.4 Å². The van der Waals surface area contributed by atoms with E-state index in [-0.39, 0.29) is 0 Å². The van der Waals surface area contributed by atoms with Gasteiger partial charge in [-0.05, 0) is 31.4 Å². The summed E-state index contributed by atoms with van der Waals surface area (Å²) in [7, 11) is 0. The number of ether oxygens (including phenoxy) is 1. The van der Waals surface area contributed by atoms with Gasteiger partial charge >= 0.3 is 5.97 Å². The van der Waals surface area contributed by atoms with Gasteiger partial charge in [0.1, 0.15) is 6.10 Å². The summed E-state index contributed by atoms with van der Waals surface area (Å²) in [5.74, 6) is -0.213. The summed E-state index contributed by atoms with van der Waals surface area (Å²) in [6, 6.07) is 1.86. The van der Waals surface area contributed by atoms with E-state index < -0.39 is 18.2 Å². The molecular weight excluding hydrogens is 262 g/mol. The molecular formula is C13H13N3O4. The summed E-state index contributed by atoms with van der Waals surface area (Å²) >= 11 is 0. The number of aliphatic carboxylic acids is 1. The Balaban J connectivity index is 1.81. The summed E-state index contributed by atoms with van der Waals surface area (Å²) in [5, 5.41) is 12.8. The zero-order valence-electron chi connectivity index (χ0n) is 10.8. The van der Waals surface area contributed by atoms with Gasteiger partial charge in [0.05, 0.1) is 0 Å². The zero-order valence-corrected chi connectivity index (χ0v) is 10.8. The van der Waals surface area contributed by atoms with Crippen LogP contribution in [0, 0.1) is 6.92 Å². The Morgan fingerprint density at radius 3 is 3.00 bits per heavy atom. The second-order valence-corrected chi connectivity index (χ2v) is 4.68. The third-order valence-electron chi connectivity index (χ3n) is 3.29. The highest BCUT2D eigenvalue weighted by Gasteiger charge is 2.34. The normalized spacial score (nSPS) is 22.1. The maximum Gasteiger partial charge on any atom is 0.332 e. The van der Waals surface area contributed by atoms with Crippen LogP contribution in [0.25, 0.3) is 11.4 Å². The number of nitrogens with zero attached hydrogens (tertiary/aromatic N) is 3. The van der Waals surface area contributed by atoms with Gasteiger partial charge in [-0.1, -0.05) is 5.16 Å². The number of hydrogen-bond donors (Lipinski definition) is 1. The van der Waals surface area contributed by atoms with Crippen LogP contribution in [-0.2, 0) is 9.53 Å². The molecule has 3 rings (SSSR count). The molecule has 0 radical (unpaired) electrons. The molecule has 2 atom stereocenters. The minimum absolute atomic E-state index is 0.312. The van der Waals surface area contributed by atoms with Gasteiger partial charge in [-0.15, -0.1) is 0 Å². The Morgan fingerprint density at radius 1 is 1.45 bits per heavy atom. The van der Waals surface area contributed by atoms with Gasteiger partial charge in [0.25, 0.3) is 5.89 Å². The molecule has 104 valence electrons. The lowest BCUT2D eigenvalue weighted by Gasteiger charge is -2.05. The predicted molar refractivity (Wildman–Crippen MR) is 66.7 cm³/mol. The molecule has 1 aliphatic rings. The van der Waals surface area contributed by atoms with Gasteiger partial charge in [-0.25, -0.2) is 4.79 Å². The van der Waals surface area contributed by atoms with Gasteiger partial charge in [0, 0.05) is 18.0 Å². The Hall–Kier alpha value is -2.28. The lowest BCUT2D eigenvalue weighted by molar-refractivity contribution is -0.150. The van der Waals surface area contributed by atoms with Gasteiger partial charge in [0.15, 0.2) is 6.10 Å². The van der Waals surface area contributed by atoms with Crippen LogP contribution < -0.4 is 0 Å². The maximum atomic E-state index is 10.8. The molecule has 0 spiro atoms. The van der Waals surface area contributed by atoms with Crippen LogP contribution in [-0.4, -0.2) is 32.3 Å². The van der Waals surface area contributed by atoms with E-state index in [4.69, 9.17) is 14.4 Å². The number of pyridine rings is 1. The fraction of sp³-hybridized carbons (Fsp3) is 0.385. The number of aryl methyl sites for hydroxylation is 1. The first kappa shape index (κ1) is 12.7. The summed E-state index contributed by atoms with van der Waals surface area (Å²) < 4.78 is 10.6. The molecule has 0 aliphatic carbocycles. The lowest BCUT2D eigenvalue weighted by Crippen LogP contribution is -2.18. The number of rotatable bonds is 3. The van der Waals surface area contributed by atoms with Gasteiger partial charge in [0.2, 0.25) is 5.82 Å². The van der Waals surface area contributed by atoms with Crippen LogP contribution in [0.3, 0.4) is 0 Å². The van der Waals surface area contributed by atoms with Crippen molar-refractivity contribution in [3.05, 3.63) is 29.9 Å². The number of carboxylic acid groups (broad SMARTS) is 1. The van der Waals surface area contributed by atoms with E-state index in [1.165, 1.54) is 0 Å². The number of carbonyl (C=O) groups is 1. The minimum atomic E-state index is -0.963. The van der Waals surface area contributed by atoms with E-state index in [0.717, 1.165) is 11.1 Å². The molecule has 2 aromatic heterocycles. The average Bonchev–Trinajstić information content (AvgIpc) is 3.08. The first-order chi connectivity index (χ1) is 9.65. The highest BCUT2D eigenvalue weighted by Crippen LogP contribution is 2.33. The fourth-order valence-corrected chi connectivity index (χ4v) is 2.17. The second-order valence-electron chi connectivity index (χ2n) is 4.68. The molecule has 1 fully saturated rings. The van der Waals surface area contributed by atoms with E-state index in [0.29, 0.717) is 24.6 Å². The third-order valence-corrected chi connectivity index (χ3v) is 3.29. The molecule has 0 bridgehead atoms. The molecule has 2 aromatic rings. The van der Waals surface area contributed by atoms with E-state index in [9.17, 15) is 4.79 Å². The topological polar surface area (TPSA) is 98.3 Å². The van der Waals surface area contributed by atoms with Crippen molar-refractivity contribution in [2.24, 2.45) is 0 Å². The monoisotopic (exact) mass is 275 g/mol. The maximum absolute atomic E-state index is 10.8. The third kappa shape index (κ3) is 2.27. The van der Waals surface area contributed by atoms with Crippen LogP contribution in [0.1, 0.15) is 30.4 Å². The Bertz CT molecular complexity index is 640. The molecule has 7 nitrogen and oxygen atoms in total. The summed E-state index contributed by atoms with van der Waals surface area (Å²) in [6.45, 7) is 1.93. The van der Waals surface area contributed by atoms with Crippen molar-refractivity contribution in [1.29, 1.82) is 0 Å². The molecule has 3 heterocycles. The van der Waals surface area contributed by atoms with E-state index in [1.807, 2.05) is 13.0 Å². The summed E-state index contributed by atoms with van der Waals surface area (Å²) in [5.41, 5.74) is 1.78. The Kier molecular flexibility index (Phi) is 3.19. The van der Waals surface area contributed by atoms with Crippen LogP contribution in [0.5, 0.6) is 0 Å². The molecule has 0 amide bonds. The van der Waals surface area contributed by atoms with Crippen LogP contribution >= 0.6 is 0 Å². The van der Waals surface area contributed by atoms with Crippen LogP contribution in [0.4, 0.5) is 0 Å². The van der Waals surface area contributed by atoms with Crippen LogP contribution in [0.15, 0.2) is 23.0 Å². The average molecular weight is 275 g/mol. The SMILES string of the molecule is Cc1ccncc1-c1noc(C2CCC(C(=O)O)O2)n1. The standard InChI is InChI=1S/C13H13N3O4/c1-7-4-5-14-6-8(7)11-15-12(20-16-11)9-2-3-10(19-9)13(17)18/h4-6,9-10H,2-3H2,1H3,(H,17,18). The van der Waals surface area contributed by atoms with Gasteiger partial charge in [-0.2, -0.15) is 4.98 Å². The largest absolute Gasteiger partial charge is 0.479 e. The Labute approximate surface area is 114 Å². The molecule has 20 heavy (non-hydrogen) atoms. The molecule has 7 heteroatoms. The lowest BCUT2D eigenvalue weighted by atomic mass is 10.1. The van der Waals surface area contributed by atoms with Crippen molar-refractivity contribution in [2.45, 2.75) is 32.0 Å². The van der Waals surface area contributed by atoms with Crippen molar-refractivity contribution < 1.29 is 19.2 Å². The van der Waals surface area contributed by atoms with Crippen molar-refractivity contribution in [3.63, 3.8) is 0 Å². The fourth-order valence-electron chi connectivity index (χ4n) is 2.17. The highest BCUT2D eigenvalue weighted by atomic mass is 16.5. The molecule has 1 N–H and O–H groups in total. The molecule has 1 saturated heterocycles. The second kappa shape index (κ2) is 5.01. The smallest absolute Gasteiger partial charge is 0.332 e. The highest BCUT2D eigenvalue weighted by molar-refractivity contribution is 5.72. The summed E-state index contributed by atoms with van der Waals surface area (Å²) in [4.78, 5) is 19.2. The van der Waals surface area contributed by atoms with Crippen LogP contribution in [0.2, 0.25) is 0 Å². The molecule has 2 unspecified atom stereocenters. The zero-order chi connectivity index (χ0) is 14.1. The number of hydrogen-bond acceptors (Lipinski definition) is 6. The quantitative estimate of drug-likeness (QED) is 0.910. The number of aromatic nitrogens is 3. The minimum Gasteiger partial charge on any atom is -0.479 e. The summed E-state index contributed by atoms with van der Waals surface area (Å²) in [6.07, 6.45) is 3.12.